The van der Waals surface area contributed by atoms with Gasteiger partial charge in [-0.2, -0.15) is 0 Å². The molecule has 0 bridgehead atoms. The molecule has 0 unspecified atom stereocenters. The smallest absolute Gasteiger partial charge is 0.0435 e. The number of piperazine rings is 1. The van der Waals surface area contributed by atoms with Crippen molar-refractivity contribution in [2.45, 2.75) is 13.3 Å². The van der Waals surface area contributed by atoms with E-state index in [-0.39, 0.29) is 0 Å². The van der Waals surface area contributed by atoms with Gasteiger partial charge in [0, 0.05) is 37.7 Å². The average Bonchev–Trinajstić information content (AvgIpc) is 2.32. The first-order valence-electron chi connectivity index (χ1n) is 5.94. The number of benzene rings is 1. The van der Waals surface area contributed by atoms with E-state index in [1.165, 1.54) is 24.2 Å². The van der Waals surface area contributed by atoms with E-state index in [0.717, 1.165) is 31.1 Å². The quantitative estimate of drug-likeness (QED) is 0.868. The standard InChI is InChI=1S/C13H19ClN2/c1-11-10-12(2-3-13(11)14)4-7-16-8-5-15-6-9-16/h2-3,10,15H,4-9H2,1H3. The van der Waals surface area contributed by atoms with Gasteiger partial charge >= 0.3 is 0 Å². The first-order valence-corrected chi connectivity index (χ1v) is 6.31. The summed E-state index contributed by atoms with van der Waals surface area (Å²) in [7, 11) is 0. The summed E-state index contributed by atoms with van der Waals surface area (Å²) in [6.45, 7) is 7.82. The van der Waals surface area contributed by atoms with Gasteiger partial charge in [0.25, 0.3) is 0 Å². The molecule has 1 aliphatic heterocycles. The van der Waals surface area contributed by atoms with Crippen molar-refractivity contribution in [3.63, 3.8) is 0 Å². The number of nitrogens with one attached hydrogen (secondary N) is 1. The average molecular weight is 239 g/mol. The summed E-state index contributed by atoms with van der Waals surface area (Å²) in [5.74, 6) is 0. The summed E-state index contributed by atoms with van der Waals surface area (Å²) < 4.78 is 0. The van der Waals surface area contributed by atoms with Crippen molar-refractivity contribution in [3.8, 4) is 0 Å². The van der Waals surface area contributed by atoms with E-state index in [1.54, 1.807) is 0 Å². The maximum absolute atomic E-state index is 6.01. The highest BCUT2D eigenvalue weighted by Crippen LogP contribution is 2.16. The molecule has 0 amide bonds. The van der Waals surface area contributed by atoms with Gasteiger partial charge in [-0.1, -0.05) is 23.7 Å². The zero-order chi connectivity index (χ0) is 11.4. The summed E-state index contributed by atoms with van der Waals surface area (Å²) in [6.07, 6.45) is 1.12. The SMILES string of the molecule is Cc1cc(CCN2CCNCC2)ccc1Cl. The fraction of sp³-hybridized carbons (Fsp3) is 0.538. The molecule has 0 radical (unpaired) electrons. The Bertz CT molecular complexity index is 346. The fourth-order valence-electron chi connectivity index (χ4n) is 2.08. The molecule has 1 fully saturated rings. The minimum atomic E-state index is 0.867. The second-order valence-electron chi connectivity index (χ2n) is 4.43. The van der Waals surface area contributed by atoms with Crippen LogP contribution in [0.25, 0.3) is 0 Å². The molecule has 1 saturated heterocycles. The molecule has 0 saturated carbocycles. The third-order valence-corrected chi connectivity index (χ3v) is 3.57. The molecule has 1 aliphatic rings. The van der Waals surface area contributed by atoms with Crippen LogP contribution < -0.4 is 5.32 Å². The molecule has 1 heterocycles. The fourth-order valence-corrected chi connectivity index (χ4v) is 2.20. The van der Waals surface area contributed by atoms with Crippen LogP contribution in [0.15, 0.2) is 18.2 Å². The van der Waals surface area contributed by atoms with E-state index in [1.807, 2.05) is 6.07 Å². The van der Waals surface area contributed by atoms with Crippen LogP contribution in [0.3, 0.4) is 0 Å². The highest BCUT2D eigenvalue weighted by molar-refractivity contribution is 6.31. The van der Waals surface area contributed by atoms with E-state index in [2.05, 4.69) is 29.3 Å². The van der Waals surface area contributed by atoms with Crippen molar-refractivity contribution in [2.75, 3.05) is 32.7 Å². The van der Waals surface area contributed by atoms with E-state index >= 15 is 0 Å². The molecule has 1 aromatic carbocycles. The second-order valence-corrected chi connectivity index (χ2v) is 4.83. The van der Waals surface area contributed by atoms with Crippen LogP contribution in [0.1, 0.15) is 11.1 Å². The van der Waals surface area contributed by atoms with Gasteiger partial charge in [0.15, 0.2) is 0 Å². The summed E-state index contributed by atoms with van der Waals surface area (Å²) in [4.78, 5) is 2.51. The first kappa shape index (κ1) is 11.9. The molecule has 1 aromatic rings. The monoisotopic (exact) mass is 238 g/mol. The van der Waals surface area contributed by atoms with Crippen LogP contribution >= 0.6 is 11.6 Å². The predicted molar refractivity (Wildman–Crippen MR) is 69.2 cm³/mol. The first-order chi connectivity index (χ1) is 7.75. The van der Waals surface area contributed by atoms with Crippen molar-refractivity contribution < 1.29 is 0 Å². The van der Waals surface area contributed by atoms with Gasteiger partial charge in [-0.05, 0) is 30.5 Å². The molecule has 0 atom stereocenters. The molecular formula is C13H19ClN2. The van der Waals surface area contributed by atoms with Crippen LogP contribution in [-0.4, -0.2) is 37.6 Å². The molecule has 3 heteroatoms. The van der Waals surface area contributed by atoms with Crippen molar-refractivity contribution in [1.82, 2.24) is 10.2 Å². The zero-order valence-electron chi connectivity index (χ0n) is 9.80. The topological polar surface area (TPSA) is 15.3 Å². The van der Waals surface area contributed by atoms with Gasteiger partial charge in [-0.25, -0.2) is 0 Å². The molecule has 1 N–H and O–H groups in total. The maximum atomic E-state index is 6.01. The molecule has 88 valence electrons. The minimum absolute atomic E-state index is 0.867. The lowest BCUT2D eigenvalue weighted by Gasteiger charge is -2.27. The number of aryl methyl sites for hydroxylation is 1. The van der Waals surface area contributed by atoms with Crippen LogP contribution in [0.5, 0.6) is 0 Å². The largest absolute Gasteiger partial charge is 0.314 e. The van der Waals surface area contributed by atoms with Crippen molar-refractivity contribution in [3.05, 3.63) is 34.3 Å². The Balaban J connectivity index is 1.86. The number of hydrogen-bond donors (Lipinski definition) is 1. The third-order valence-electron chi connectivity index (χ3n) is 3.15. The predicted octanol–water partition coefficient (Wildman–Crippen LogP) is 2.10. The summed E-state index contributed by atoms with van der Waals surface area (Å²) >= 11 is 6.01. The van der Waals surface area contributed by atoms with Gasteiger partial charge < -0.3 is 10.2 Å². The van der Waals surface area contributed by atoms with Gasteiger partial charge in [-0.15, -0.1) is 0 Å². The normalized spacial score (nSPS) is 17.6. The van der Waals surface area contributed by atoms with Gasteiger partial charge in [0.2, 0.25) is 0 Å². The molecule has 2 nitrogen and oxygen atoms in total. The molecule has 16 heavy (non-hydrogen) atoms. The van der Waals surface area contributed by atoms with Gasteiger partial charge in [0.1, 0.15) is 0 Å². The Morgan fingerprint density at radius 1 is 1.31 bits per heavy atom. The number of hydrogen-bond acceptors (Lipinski definition) is 2. The third kappa shape index (κ3) is 3.21. The van der Waals surface area contributed by atoms with Crippen molar-refractivity contribution in [1.29, 1.82) is 0 Å². The van der Waals surface area contributed by atoms with Gasteiger partial charge in [-0.3, -0.25) is 0 Å². The molecule has 0 spiro atoms. The highest BCUT2D eigenvalue weighted by Gasteiger charge is 2.09. The lowest BCUT2D eigenvalue weighted by atomic mass is 10.1. The van der Waals surface area contributed by atoms with Crippen molar-refractivity contribution in [2.24, 2.45) is 0 Å². The van der Waals surface area contributed by atoms with Crippen molar-refractivity contribution >= 4 is 11.6 Å². The molecule has 2 rings (SSSR count). The van der Waals surface area contributed by atoms with E-state index in [4.69, 9.17) is 11.6 Å². The lowest BCUT2D eigenvalue weighted by molar-refractivity contribution is 0.244. The number of halogens is 1. The van der Waals surface area contributed by atoms with Crippen LogP contribution in [-0.2, 0) is 6.42 Å². The van der Waals surface area contributed by atoms with Gasteiger partial charge in [0.05, 0.1) is 0 Å². The Morgan fingerprint density at radius 2 is 2.06 bits per heavy atom. The number of rotatable bonds is 3. The van der Waals surface area contributed by atoms with Crippen LogP contribution in [0, 0.1) is 6.92 Å². The molecule has 0 aromatic heterocycles. The van der Waals surface area contributed by atoms with E-state index in [0.29, 0.717) is 0 Å². The molecular weight excluding hydrogens is 220 g/mol. The van der Waals surface area contributed by atoms with E-state index in [9.17, 15) is 0 Å². The Hall–Kier alpha value is -0.570. The highest BCUT2D eigenvalue weighted by atomic mass is 35.5. The summed E-state index contributed by atoms with van der Waals surface area (Å²) in [5, 5.41) is 4.24. The van der Waals surface area contributed by atoms with Crippen LogP contribution in [0.2, 0.25) is 5.02 Å². The lowest BCUT2D eigenvalue weighted by Crippen LogP contribution is -2.44. The zero-order valence-corrected chi connectivity index (χ0v) is 10.6. The summed E-state index contributed by atoms with van der Waals surface area (Å²) in [5.41, 5.74) is 2.57. The molecule has 0 aliphatic carbocycles. The minimum Gasteiger partial charge on any atom is -0.314 e. The van der Waals surface area contributed by atoms with Crippen LogP contribution in [0.4, 0.5) is 0 Å². The number of nitrogens with zero attached hydrogens (tertiary/aromatic N) is 1. The second kappa shape index (κ2) is 5.67. The maximum Gasteiger partial charge on any atom is 0.0435 e. The summed E-state index contributed by atoms with van der Waals surface area (Å²) in [6, 6.07) is 6.34. The Labute approximate surface area is 103 Å². The Kier molecular flexibility index (Phi) is 4.22. The van der Waals surface area contributed by atoms with E-state index < -0.39 is 0 Å². The Morgan fingerprint density at radius 3 is 2.75 bits per heavy atom.